The molecule has 2 unspecified atom stereocenters. The highest BCUT2D eigenvalue weighted by atomic mass is 32.2. The Morgan fingerprint density at radius 3 is 2.93 bits per heavy atom. The van der Waals surface area contributed by atoms with Gasteiger partial charge in [-0.2, -0.15) is 11.8 Å². The predicted molar refractivity (Wildman–Crippen MR) is 63.7 cm³/mol. The zero-order valence-electron chi connectivity index (χ0n) is 9.38. The molecule has 0 aliphatic carbocycles. The summed E-state index contributed by atoms with van der Waals surface area (Å²) >= 11 is 2.01. The summed E-state index contributed by atoms with van der Waals surface area (Å²) in [5.41, 5.74) is 0. The lowest BCUT2D eigenvalue weighted by molar-refractivity contribution is 0.222. The molecule has 2 nitrogen and oxygen atoms in total. The number of thioether (sulfide) groups is 1. The maximum Gasteiger partial charge on any atom is 0.110 e. The van der Waals surface area contributed by atoms with Gasteiger partial charge in [0.25, 0.3) is 0 Å². The molecule has 1 rings (SSSR count). The van der Waals surface area contributed by atoms with Crippen LogP contribution in [0.15, 0.2) is 11.8 Å². The summed E-state index contributed by atoms with van der Waals surface area (Å²) in [6, 6.07) is 0.400. The van der Waals surface area contributed by atoms with E-state index in [1.165, 1.54) is 6.42 Å². The van der Waals surface area contributed by atoms with Gasteiger partial charge in [-0.15, -0.1) is 0 Å². The van der Waals surface area contributed by atoms with E-state index >= 15 is 0 Å². The van der Waals surface area contributed by atoms with Crippen LogP contribution in [0.2, 0.25) is 0 Å². The van der Waals surface area contributed by atoms with Crippen LogP contribution in [0.1, 0.15) is 26.7 Å². The number of hydrogen-bond acceptors (Lipinski definition) is 3. The maximum absolute atomic E-state index is 5.56. The number of ether oxygens (including phenoxy) is 1. The summed E-state index contributed by atoms with van der Waals surface area (Å²) in [6.07, 6.45) is 4.51. The van der Waals surface area contributed by atoms with Gasteiger partial charge in [0.15, 0.2) is 0 Å². The lowest BCUT2D eigenvalue weighted by atomic mass is 10.2. The minimum absolute atomic E-state index is 0.400. The van der Waals surface area contributed by atoms with Crippen molar-refractivity contribution in [2.75, 3.05) is 19.4 Å². The molecular formula is C11H21NOS. The number of hydrogen-bond donors (Lipinski definition) is 1. The molecule has 0 radical (unpaired) electrons. The second-order valence-electron chi connectivity index (χ2n) is 3.64. The van der Waals surface area contributed by atoms with Gasteiger partial charge in [-0.25, -0.2) is 0 Å². The van der Waals surface area contributed by atoms with E-state index in [1.54, 1.807) is 0 Å². The van der Waals surface area contributed by atoms with Crippen LogP contribution < -0.4 is 5.32 Å². The third kappa shape index (κ3) is 3.54. The largest absolute Gasteiger partial charge is 0.496 e. The van der Waals surface area contributed by atoms with Gasteiger partial charge < -0.3 is 10.1 Å². The average Bonchev–Trinajstić information content (AvgIpc) is 2.72. The Morgan fingerprint density at radius 1 is 1.64 bits per heavy atom. The molecule has 3 heteroatoms. The minimum Gasteiger partial charge on any atom is -0.496 e. The summed E-state index contributed by atoms with van der Waals surface area (Å²) in [7, 11) is 2.00. The first-order valence-electron chi connectivity index (χ1n) is 5.39. The van der Waals surface area contributed by atoms with Gasteiger partial charge in [-0.05, 0) is 19.5 Å². The van der Waals surface area contributed by atoms with Crippen molar-refractivity contribution in [3.63, 3.8) is 0 Å². The minimum atomic E-state index is 0.400. The standard InChI is InChI=1S/C11H21NOS/c1-4-9(2)14-8-10(12-3)11-6-5-7-13-11/h6,9-10,12H,4-5,7-8H2,1-3H3. The van der Waals surface area contributed by atoms with Crippen LogP contribution >= 0.6 is 11.8 Å². The van der Waals surface area contributed by atoms with Gasteiger partial charge in [0.05, 0.1) is 12.6 Å². The first kappa shape index (κ1) is 11.9. The van der Waals surface area contributed by atoms with Crippen molar-refractivity contribution < 1.29 is 4.74 Å². The molecule has 1 aliphatic rings. The van der Waals surface area contributed by atoms with E-state index in [-0.39, 0.29) is 0 Å². The second kappa shape index (κ2) is 6.36. The van der Waals surface area contributed by atoms with Crippen molar-refractivity contribution in [2.24, 2.45) is 0 Å². The first-order valence-corrected chi connectivity index (χ1v) is 6.44. The van der Waals surface area contributed by atoms with Crippen molar-refractivity contribution in [1.82, 2.24) is 5.32 Å². The number of nitrogens with one attached hydrogen (secondary N) is 1. The molecule has 0 saturated carbocycles. The summed E-state index contributed by atoms with van der Waals surface area (Å²) in [6.45, 7) is 5.38. The smallest absolute Gasteiger partial charge is 0.110 e. The molecule has 0 aromatic heterocycles. The lowest BCUT2D eigenvalue weighted by Gasteiger charge is -2.18. The zero-order valence-corrected chi connectivity index (χ0v) is 10.2. The van der Waals surface area contributed by atoms with Crippen LogP contribution in [0.5, 0.6) is 0 Å². The normalized spacial score (nSPS) is 20.1. The van der Waals surface area contributed by atoms with E-state index in [4.69, 9.17) is 4.74 Å². The maximum atomic E-state index is 5.56. The van der Waals surface area contributed by atoms with Gasteiger partial charge in [-0.1, -0.05) is 13.8 Å². The van der Waals surface area contributed by atoms with Crippen molar-refractivity contribution >= 4 is 11.8 Å². The van der Waals surface area contributed by atoms with Crippen molar-refractivity contribution in [2.45, 2.75) is 38.0 Å². The molecule has 0 spiro atoms. The highest BCUT2D eigenvalue weighted by Crippen LogP contribution is 2.20. The summed E-state index contributed by atoms with van der Waals surface area (Å²) < 4.78 is 5.56. The number of rotatable bonds is 6. The summed E-state index contributed by atoms with van der Waals surface area (Å²) in [4.78, 5) is 0. The second-order valence-corrected chi connectivity index (χ2v) is 5.11. The molecule has 14 heavy (non-hydrogen) atoms. The van der Waals surface area contributed by atoms with E-state index < -0.39 is 0 Å². The number of likely N-dealkylation sites (N-methyl/N-ethyl adjacent to an activating group) is 1. The molecule has 0 fully saturated rings. The van der Waals surface area contributed by atoms with E-state index in [2.05, 4.69) is 25.2 Å². The Kier molecular flexibility index (Phi) is 5.41. The van der Waals surface area contributed by atoms with Crippen LogP contribution in [0.25, 0.3) is 0 Å². The van der Waals surface area contributed by atoms with Gasteiger partial charge >= 0.3 is 0 Å². The highest BCUT2D eigenvalue weighted by Gasteiger charge is 2.17. The van der Waals surface area contributed by atoms with E-state index in [0.29, 0.717) is 6.04 Å². The molecular weight excluding hydrogens is 194 g/mol. The van der Waals surface area contributed by atoms with E-state index in [0.717, 1.165) is 29.8 Å². The summed E-state index contributed by atoms with van der Waals surface area (Å²) in [5, 5.41) is 4.05. The Bertz CT molecular complexity index is 194. The Morgan fingerprint density at radius 2 is 2.43 bits per heavy atom. The highest BCUT2D eigenvalue weighted by molar-refractivity contribution is 7.99. The molecule has 1 aliphatic heterocycles. The molecule has 1 N–H and O–H groups in total. The van der Waals surface area contributed by atoms with Crippen LogP contribution in [-0.4, -0.2) is 30.7 Å². The van der Waals surface area contributed by atoms with Crippen LogP contribution in [0.3, 0.4) is 0 Å². The zero-order chi connectivity index (χ0) is 10.4. The third-order valence-electron chi connectivity index (χ3n) is 2.55. The Hall–Kier alpha value is -0.150. The Balaban J connectivity index is 2.31. The topological polar surface area (TPSA) is 21.3 Å². The van der Waals surface area contributed by atoms with Crippen molar-refractivity contribution in [3.8, 4) is 0 Å². The monoisotopic (exact) mass is 215 g/mol. The fourth-order valence-electron chi connectivity index (χ4n) is 1.37. The molecule has 0 bridgehead atoms. The SMILES string of the molecule is CCC(C)SCC(NC)C1=CCCO1. The van der Waals surface area contributed by atoms with Crippen LogP contribution in [0, 0.1) is 0 Å². The van der Waals surface area contributed by atoms with Gasteiger partial charge in [0.1, 0.15) is 5.76 Å². The molecule has 0 saturated heterocycles. The lowest BCUT2D eigenvalue weighted by Crippen LogP contribution is -2.30. The first-order chi connectivity index (χ1) is 6.77. The molecule has 82 valence electrons. The van der Waals surface area contributed by atoms with E-state index in [9.17, 15) is 0 Å². The van der Waals surface area contributed by atoms with Crippen LogP contribution in [-0.2, 0) is 4.74 Å². The van der Waals surface area contributed by atoms with E-state index in [1.807, 2.05) is 18.8 Å². The molecule has 1 heterocycles. The third-order valence-corrected chi connectivity index (χ3v) is 3.97. The van der Waals surface area contributed by atoms with Crippen LogP contribution in [0.4, 0.5) is 0 Å². The fraction of sp³-hybridized carbons (Fsp3) is 0.818. The quantitative estimate of drug-likeness (QED) is 0.735. The van der Waals surface area contributed by atoms with Gasteiger partial charge in [0.2, 0.25) is 0 Å². The summed E-state index contributed by atoms with van der Waals surface area (Å²) in [5.74, 6) is 2.25. The fourth-order valence-corrected chi connectivity index (χ4v) is 2.45. The average molecular weight is 215 g/mol. The molecule has 0 aromatic carbocycles. The van der Waals surface area contributed by atoms with Crippen molar-refractivity contribution in [1.29, 1.82) is 0 Å². The van der Waals surface area contributed by atoms with Gasteiger partial charge in [-0.3, -0.25) is 0 Å². The Labute approximate surface area is 91.5 Å². The van der Waals surface area contributed by atoms with Crippen molar-refractivity contribution in [3.05, 3.63) is 11.8 Å². The van der Waals surface area contributed by atoms with Gasteiger partial charge in [0, 0.05) is 17.4 Å². The molecule has 2 atom stereocenters. The molecule has 0 amide bonds. The predicted octanol–water partition coefficient (Wildman–Crippen LogP) is 2.41. The molecule has 0 aromatic rings.